The number of fused-ring (bicyclic) bond motifs is 1. The van der Waals surface area contributed by atoms with Gasteiger partial charge < -0.3 is 15.0 Å². The zero-order chi connectivity index (χ0) is 21.2. The summed E-state index contributed by atoms with van der Waals surface area (Å²) in [5.74, 6) is -0.565. The van der Waals surface area contributed by atoms with Gasteiger partial charge in [-0.1, -0.05) is 36.4 Å². The van der Waals surface area contributed by atoms with E-state index in [1.54, 1.807) is 4.90 Å². The lowest BCUT2D eigenvalue weighted by molar-refractivity contribution is -0.122. The minimum absolute atomic E-state index is 0.0244. The number of ether oxygens (including phenoxy) is 1. The molecular weight excluding hydrogens is 412 g/mol. The standard InChI is InChI=1S/C23H24N4O3S/c28-21-12-17(13-27(21)20-7-3-5-16-4-1-2-6-19(16)20)22(29)25-23-24-18(15-31-23)14-26-8-10-30-11-9-26/h1-7,15,17H,8-14H2,(H,24,25,29)/t17-/m1/s1. The van der Waals surface area contributed by atoms with E-state index < -0.39 is 5.92 Å². The maximum Gasteiger partial charge on any atom is 0.231 e. The minimum Gasteiger partial charge on any atom is -0.379 e. The molecule has 5 rings (SSSR count). The third-order valence-corrected chi connectivity index (χ3v) is 6.63. The molecule has 7 nitrogen and oxygen atoms in total. The van der Waals surface area contributed by atoms with Crippen molar-refractivity contribution in [3.05, 3.63) is 53.5 Å². The molecule has 2 aromatic carbocycles. The van der Waals surface area contributed by atoms with Gasteiger partial charge in [-0.25, -0.2) is 4.98 Å². The fourth-order valence-corrected chi connectivity index (χ4v) is 4.90. The lowest BCUT2D eigenvalue weighted by Crippen LogP contribution is -2.35. The van der Waals surface area contributed by atoms with Gasteiger partial charge in [0.25, 0.3) is 0 Å². The average molecular weight is 437 g/mol. The molecule has 2 fully saturated rings. The fourth-order valence-electron chi connectivity index (χ4n) is 4.19. The molecule has 0 unspecified atom stereocenters. The molecule has 3 heterocycles. The topological polar surface area (TPSA) is 74.8 Å². The van der Waals surface area contributed by atoms with E-state index in [0.717, 1.165) is 55.0 Å². The maximum absolute atomic E-state index is 12.8. The Balaban J connectivity index is 1.24. The summed E-state index contributed by atoms with van der Waals surface area (Å²) in [6.45, 7) is 4.42. The van der Waals surface area contributed by atoms with Crippen molar-refractivity contribution in [1.82, 2.24) is 9.88 Å². The van der Waals surface area contributed by atoms with Crippen LogP contribution in [0.5, 0.6) is 0 Å². The number of carbonyl (C=O) groups is 2. The van der Waals surface area contributed by atoms with Crippen LogP contribution in [0.25, 0.3) is 10.8 Å². The number of amides is 2. The molecule has 160 valence electrons. The second-order valence-corrected chi connectivity index (χ2v) is 8.78. The molecule has 0 aliphatic carbocycles. The second kappa shape index (κ2) is 8.74. The summed E-state index contributed by atoms with van der Waals surface area (Å²) in [5.41, 5.74) is 1.81. The van der Waals surface area contributed by atoms with Crippen molar-refractivity contribution in [3.8, 4) is 0 Å². The van der Waals surface area contributed by atoms with Gasteiger partial charge in [0.05, 0.1) is 30.5 Å². The lowest BCUT2D eigenvalue weighted by Gasteiger charge is -2.25. The summed E-state index contributed by atoms with van der Waals surface area (Å²) >= 11 is 1.43. The molecule has 0 saturated carbocycles. The van der Waals surface area contributed by atoms with Crippen LogP contribution >= 0.6 is 11.3 Å². The third kappa shape index (κ3) is 4.32. The van der Waals surface area contributed by atoms with Gasteiger partial charge in [-0.3, -0.25) is 14.5 Å². The number of aromatic nitrogens is 1. The van der Waals surface area contributed by atoms with Crippen molar-refractivity contribution >= 4 is 44.7 Å². The Morgan fingerprint density at radius 3 is 2.84 bits per heavy atom. The van der Waals surface area contributed by atoms with Crippen LogP contribution in [0.2, 0.25) is 0 Å². The zero-order valence-electron chi connectivity index (χ0n) is 17.1. The summed E-state index contributed by atoms with van der Waals surface area (Å²) in [4.78, 5) is 34.2. The van der Waals surface area contributed by atoms with E-state index in [0.29, 0.717) is 11.7 Å². The molecule has 1 atom stereocenters. The lowest BCUT2D eigenvalue weighted by atomic mass is 10.1. The Morgan fingerprint density at radius 1 is 1.16 bits per heavy atom. The van der Waals surface area contributed by atoms with Crippen LogP contribution in [-0.2, 0) is 20.9 Å². The van der Waals surface area contributed by atoms with Crippen molar-refractivity contribution in [2.24, 2.45) is 5.92 Å². The number of morpholine rings is 1. The van der Waals surface area contributed by atoms with Crippen molar-refractivity contribution in [3.63, 3.8) is 0 Å². The smallest absolute Gasteiger partial charge is 0.231 e. The summed E-state index contributed by atoms with van der Waals surface area (Å²) < 4.78 is 5.38. The fraction of sp³-hybridized carbons (Fsp3) is 0.348. The quantitative estimate of drug-likeness (QED) is 0.665. The first-order chi connectivity index (χ1) is 15.2. The van der Waals surface area contributed by atoms with Crippen LogP contribution < -0.4 is 10.2 Å². The molecule has 3 aromatic rings. The van der Waals surface area contributed by atoms with Gasteiger partial charge in [0.2, 0.25) is 11.8 Å². The predicted octanol–water partition coefficient (Wildman–Crippen LogP) is 3.12. The van der Waals surface area contributed by atoms with E-state index >= 15 is 0 Å². The monoisotopic (exact) mass is 436 g/mol. The van der Waals surface area contributed by atoms with Crippen LogP contribution in [0, 0.1) is 5.92 Å². The Labute approximate surface area is 184 Å². The predicted molar refractivity (Wildman–Crippen MR) is 121 cm³/mol. The number of nitrogens with one attached hydrogen (secondary N) is 1. The van der Waals surface area contributed by atoms with Crippen molar-refractivity contribution < 1.29 is 14.3 Å². The minimum atomic E-state index is -0.391. The average Bonchev–Trinajstić information content (AvgIpc) is 3.40. The van der Waals surface area contributed by atoms with Gasteiger partial charge in [-0.15, -0.1) is 11.3 Å². The highest BCUT2D eigenvalue weighted by Gasteiger charge is 2.36. The first-order valence-corrected chi connectivity index (χ1v) is 11.4. The van der Waals surface area contributed by atoms with Gasteiger partial charge in [0.15, 0.2) is 5.13 Å². The van der Waals surface area contributed by atoms with Gasteiger partial charge >= 0.3 is 0 Å². The molecular formula is C23H24N4O3S. The van der Waals surface area contributed by atoms with Gasteiger partial charge in [0, 0.05) is 43.4 Å². The molecule has 8 heteroatoms. The van der Waals surface area contributed by atoms with Crippen LogP contribution in [0.15, 0.2) is 47.8 Å². The number of rotatable bonds is 5. The summed E-state index contributed by atoms with van der Waals surface area (Å²) in [6.07, 6.45) is 0.209. The van der Waals surface area contributed by atoms with E-state index in [9.17, 15) is 9.59 Å². The zero-order valence-corrected chi connectivity index (χ0v) is 17.9. The number of hydrogen-bond donors (Lipinski definition) is 1. The Hall–Kier alpha value is -2.81. The Morgan fingerprint density at radius 2 is 1.97 bits per heavy atom. The van der Waals surface area contributed by atoms with Crippen LogP contribution in [0.4, 0.5) is 10.8 Å². The molecule has 2 aliphatic heterocycles. The number of anilines is 2. The van der Waals surface area contributed by atoms with Crippen LogP contribution in [0.1, 0.15) is 12.1 Å². The number of carbonyl (C=O) groups excluding carboxylic acids is 2. The van der Waals surface area contributed by atoms with E-state index in [1.165, 1.54) is 11.3 Å². The third-order valence-electron chi connectivity index (χ3n) is 5.82. The Kier molecular flexibility index (Phi) is 5.67. The van der Waals surface area contributed by atoms with Gasteiger partial charge in [-0.05, 0) is 11.5 Å². The molecule has 31 heavy (non-hydrogen) atoms. The van der Waals surface area contributed by atoms with Gasteiger partial charge in [-0.2, -0.15) is 0 Å². The first kappa shape index (κ1) is 20.1. The number of thiazole rings is 1. The SMILES string of the molecule is O=C(Nc1nc(CN2CCOCC2)cs1)[C@@H]1CC(=O)N(c2cccc3ccccc23)C1. The second-order valence-electron chi connectivity index (χ2n) is 7.93. The number of benzene rings is 2. The molecule has 0 spiro atoms. The maximum atomic E-state index is 12.8. The van der Waals surface area contributed by atoms with Gasteiger partial charge in [0.1, 0.15) is 0 Å². The first-order valence-electron chi connectivity index (χ1n) is 10.5. The van der Waals surface area contributed by atoms with Crippen molar-refractivity contribution in [2.45, 2.75) is 13.0 Å². The number of nitrogens with zero attached hydrogens (tertiary/aromatic N) is 3. The Bertz CT molecular complexity index is 1100. The van der Waals surface area contributed by atoms with E-state index in [1.807, 2.05) is 47.8 Å². The molecule has 2 saturated heterocycles. The molecule has 0 radical (unpaired) electrons. The van der Waals surface area contributed by atoms with Crippen molar-refractivity contribution in [2.75, 3.05) is 43.1 Å². The highest BCUT2D eigenvalue weighted by atomic mass is 32.1. The highest BCUT2D eigenvalue weighted by Crippen LogP contribution is 2.32. The molecule has 1 N–H and O–H groups in total. The van der Waals surface area contributed by atoms with E-state index in [-0.39, 0.29) is 18.2 Å². The highest BCUT2D eigenvalue weighted by molar-refractivity contribution is 7.13. The molecule has 1 aromatic heterocycles. The van der Waals surface area contributed by atoms with Crippen LogP contribution in [-0.4, -0.2) is 54.5 Å². The molecule has 2 amide bonds. The largest absolute Gasteiger partial charge is 0.379 e. The summed E-state index contributed by atoms with van der Waals surface area (Å²) in [5, 5.41) is 7.58. The normalized spacial score (nSPS) is 19.8. The number of hydrogen-bond acceptors (Lipinski definition) is 6. The van der Waals surface area contributed by atoms with E-state index in [2.05, 4.69) is 15.2 Å². The molecule has 0 bridgehead atoms. The summed E-state index contributed by atoms with van der Waals surface area (Å²) in [7, 11) is 0. The molecule has 2 aliphatic rings. The summed E-state index contributed by atoms with van der Waals surface area (Å²) in [6, 6.07) is 13.9. The van der Waals surface area contributed by atoms with E-state index in [4.69, 9.17) is 4.74 Å². The van der Waals surface area contributed by atoms with Crippen LogP contribution in [0.3, 0.4) is 0 Å². The van der Waals surface area contributed by atoms with Crippen molar-refractivity contribution in [1.29, 1.82) is 0 Å².